The zero-order valence-electron chi connectivity index (χ0n) is 17.3. The molecular formula is C24H26N2O4. The van der Waals surface area contributed by atoms with Gasteiger partial charge in [0.05, 0.1) is 24.3 Å². The molecule has 0 bridgehead atoms. The van der Waals surface area contributed by atoms with Crippen LogP contribution in [0, 0.1) is 0 Å². The zero-order chi connectivity index (χ0) is 21.1. The average molecular weight is 406 g/mol. The smallest absolute Gasteiger partial charge is 0.255 e. The minimum Gasteiger partial charge on any atom is -0.496 e. The van der Waals surface area contributed by atoms with Gasteiger partial charge >= 0.3 is 0 Å². The predicted molar refractivity (Wildman–Crippen MR) is 116 cm³/mol. The third-order valence-corrected chi connectivity index (χ3v) is 5.67. The highest BCUT2D eigenvalue weighted by Crippen LogP contribution is 2.24. The maximum absolute atomic E-state index is 13.7. The molecule has 0 spiro atoms. The van der Waals surface area contributed by atoms with Crippen LogP contribution in [0.25, 0.3) is 10.9 Å². The second kappa shape index (κ2) is 8.71. The third kappa shape index (κ3) is 3.96. The molecule has 156 valence electrons. The Morgan fingerprint density at radius 1 is 1.20 bits per heavy atom. The van der Waals surface area contributed by atoms with Crippen LogP contribution in [0.5, 0.6) is 5.75 Å². The molecule has 3 aromatic rings. The molecule has 0 radical (unpaired) electrons. The number of carbonyl (C=O) groups excluding carboxylic acids is 1. The van der Waals surface area contributed by atoms with E-state index in [9.17, 15) is 9.59 Å². The summed E-state index contributed by atoms with van der Waals surface area (Å²) in [5, 5.41) is 0.766. The molecule has 1 aliphatic heterocycles. The lowest BCUT2D eigenvalue weighted by molar-refractivity contribution is 0.0507. The molecule has 2 aromatic carbocycles. The van der Waals surface area contributed by atoms with Crippen LogP contribution in [0.1, 0.15) is 28.8 Å². The highest BCUT2D eigenvalue weighted by atomic mass is 16.5. The van der Waals surface area contributed by atoms with Crippen molar-refractivity contribution in [2.24, 2.45) is 7.05 Å². The topological polar surface area (TPSA) is 60.8 Å². The molecular weight excluding hydrogens is 380 g/mol. The van der Waals surface area contributed by atoms with Crippen molar-refractivity contribution in [2.45, 2.75) is 25.5 Å². The number of pyridine rings is 1. The van der Waals surface area contributed by atoms with E-state index in [0.29, 0.717) is 18.7 Å². The second-order valence-corrected chi connectivity index (χ2v) is 7.60. The molecule has 0 saturated carbocycles. The van der Waals surface area contributed by atoms with Crippen LogP contribution in [0.4, 0.5) is 0 Å². The van der Waals surface area contributed by atoms with Gasteiger partial charge in [0, 0.05) is 43.8 Å². The lowest BCUT2D eigenvalue weighted by atomic mass is 10.1. The molecule has 4 rings (SSSR count). The fourth-order valence-corrected chi connectivity index (χ4v) is 4.05. The molecule has 6 nitrogen and oxygen atoms in total. The summed E-state index contributed by atoms with van der Waals surface area (Å²) in [5.74, 6) is 0.557. The summed E-state index contributed by atoms with van der Waals surface area (Å²) < 4.78 is 12.9. The summed E-state index contributed by atoms with van der Waals surface area (Å²) in [6, 6.07) is 16.6. The molecule has 1 aromatic heterocycles. The van der Waals surface area contributed by atoms with Gasteiger partial charge in [0.25, 0.3) is 11.5 Å². The van der Waals surface area contributed by atoms with Crippen molar-refractivity contribution in [1.82, 2.24) is 9.47 Å². The molecule has 1 fully saturated rings. The van der Waals surface area contributed by atoms with E-state index in [4.69, 9.17) is 9.47 Å². The number of carbonyl (C=O) groups is 1. The van der Waals surface area contributed by atoms with E-state index >= 15 is 0 Å². The van der Waals surface area contributed by atoms with Crippen LogP contribution < -0.4 is 10.3 Å². The van der Waals surface area contributed by atoms with E-state index in [0.717, 1.165) is 41.7 Å². The normalized spacial score (nSPS) is 16.0. The Morgan fingerprint density at radius 2 is 1.97 bits per heavy atom. The number of nitrogens with zero attached hydrogens (tertiary/aromatic N) is 2. The fourth-order valence-electron chi connectivity index (χ4n) is 4.05. The van der Waals surface area contributed by atoms with E-state index in [1.54, 1.807) is 23.6 Å². The van der Waals surface area contributed by atoms with Gasteiger partial charge < -0.3 is 18.9 Å². The highest BCUT2D eigenvalue weighted by molar-refractivity contribution is 6.06. The lowest BCUT2D eigenvalue weighted by Gasteiger charge is -2.27. The van der Waals surface area contributed by atoms with Crippen LogP contribution in [-0.2, 0) is 18.3 Å². The van der Waals surface area contributed by atoms with E-state index < -0.39 is 0 Å². The fraction of sp³-hybridized carbons (Fsp3) is 0.333. The molecule has 1 atom stereocenters. The lowest BCUT2D eigenvalue weighted by Crippen LogP contribution is -2.37. The summed E-state index contributed by atoms with van der Waals surface area (Å²) in [5.41, 5.74) is 1.87. The van der Waals surface area contributed by atoms with Gasteiger partial charge in [-0.2, -0.15) is 0 Å². The Kier molecular flexibility index (Phi) is 5.86. The Morgan fingerprint density at radius 3 is 2.73 bits per heavy atom. The van der Waals surface area contributed by atoms with Crippen LogP contribution in [0.2, 0.25) is 0 Å². The minimum absolute atomic E-state index is 0.00136. The first-order chi connectivity index (χ1) is 14.6. The molecule has 2 heterocycles. The maximum atomic E-state index is 13.7. The van der Waals surface area contributed by atoms with E-state index in [-0.39, 0.29) is 17.6 Å². The van der Waals surface area contributed by atoms with E-state index in [2.05, 4.69) is 0 Å². The summed E-state index contributed by atoms with van der Waals surface area (Å²) in [4.78, 5) is 28.0. The number of aryl methyl sites for hydroxylation is 1. The van der Waals surface area contributed by atoms with Gasteiger partial charge in [-0.3, -0.25) is 9.59 Å². The van der Waals surface area contributed by atoms with Crippen molar-refractivity contribution in [3.05, 3.63) is 76.1 Å². The first-order valence-electron chi connectivity index (χ1n) is 10.2. The number of amides is 1. The van der Waals surface area contributed by atoms with Crippen LogP contribution in [0.3, 0.4) is 0 Å². The summed E-state index contributed by atoms with van der Waals surface area (Å²) in [6.07, 6.45) is 1.92. The van der Waals surface area contributed by atoms with Gasteiger partial charge in [-0.25, -0.2) is 0 Å². The van der Waals surface area contributed by atoms with Crippen molar-refractivity contribution < 1.29 is 14.3 Å². The molecule has 1 aliphatic rings. The average Bonchev–Trinajstić information content (AvgIpc) is 3.29. The van der Waals surface area contributed by atoms with Crippen LogP contribution in [-0.4, -0.2) is 41.7 Å². The predicted octanol–water partition coefficient (Wildman–Crippen LogP) is 3.37. The van der Waals surface area contributed by atoms with Crippen molar-refractivity contribution in [2.75, 3.05) is 20.3 Å². The van der Waals surface area contributed by atoms with Crippen molar-refractivity contribution in [3.8, 4) is 5.75 Å². The first kappa shape index (κ1) is 20.2. The first-order valence-corrected chi connectivity index (χ1v) is 10.2. The Bertz CT molecular complexity index is 1120. The van der Waals surface area contributed by atoms with Gasteiger partial charge in [0.1, 0.15) is 5.75 Å². The Labute approximate surface area is 175 Å². The largest absolute Gasteiger partial charge is 0.496 e. The van der Waals surface area contributed by atoms with Crippen molar-refractivity contribution in [1.29, 1.82) is 0 Å². The molecule has 6 heteroatoms. The number of hydrogen-bond acceptors (Lipinski definition) is 4. The van der Waals surface area contributed by atoms with Gasteiger partial charge in [-0.15, -0.1) is 0 Å². The maximum Gasteiger partial charge on any atom is 0.255 e. The SMILES string of the molecule is COc1ccccc1CN(CC1CCCO1)C(=O)c1cc(=O)n(C)c2ccccc12. The number of methoxy groups -OCH3 is 1. The second-order valence-electron chi connectivity index (χ2n) is 7.60. The highest BCUT2D eigenvalue weighted by Gasteiger charge is 2.26. The van der Waals surface area contributed by atoms with Gasteiger partial charge in [-0.05, 0) is 25.0 Å². The van der Waals surface area contributed by atoms with Crippen LogP contribution in [0.15, 0.2) is 59.4 Å². The molecule has 0 N–H and O–H groups in total. The van der Waals surface area contributed by atoms with Crippen molar-refractivity contribution in [3.63, 3.8) is 0 Å². The standard InChI is InChI=1S/C24H26N2O4/c1-25-21-11-5-4-10-19(21)20(14-23(25)27)24(28)26(16-18-9-7-13-30-18)15-17-8-3-6-12-22(17)29-2/h3-6,8,10-12,14,18H,7,9,13,15-16H2,1-2H3. The summed E-state index contributed by atoms with van der Waals surface area (Å²) in [7, 11) is 3.34. The minimum atomic E-state index is -0.202. The monoisotopic (exact) mass is 406 g/mol. The number of rotatable bonds is 6. The molecule has 1 unspecified atom stereocenters. The van der Waals surface area contributed by atoms with Gasteiger partial charge in [0.2, 0.25) is 0 Å². The Balaban J connectivity index is 1.75. The number of para-hydroxylation sites is 2. The molecule has 0 aliphatic carbocycles. The van der Waals surface area contributed by atoms with Crippen LogP contribution >= 0.6 is 0 Å². The number of fused-ring (bicyclic) bond motifs is 1. The number of benzene rings is 2. The molecule has 30 heavy (non-hydrogen) atoms. The number of ether oxygens (including phenoxy) is 2. The summed E-state index contributed by atoms with van der Waals surface area (Å²) in [6.45, 7) is 1.57. The number of aromatic nitrogens is 1. The quantitative estimate of drug-likeness (QED) is 0.630. The zero-order valence-corrected chi connectivity index (χ0v) is 17.3. The summed E-state index contributed by atoms with van der Waals surface area (Å²) >= 11 is 0. The molecule has 1 amide bonds. The van der Waals surface area contributed by atoms with E-state index in [1.807, 2.05) is 48.5 Å². The Hall–Kier alpha value is -3.12. The van der Waals surface area contributed by atoms with E-state index in [1.165, 1.54) is 6.07 Å². The number of hydrogen-bond donors (Lipinski definition) is 0. The third-order valence-electron chi connectivity index (χ3n) is 5.67. The van der Waals surface area contributed by atoms with Crippen molar-refractivity contribution >= 4 is 16.8 Å². The van der Waals surface area contributed by atoms with Gasteiger partial charge in [0.15, 0.2) is 0 Å². The van der Waals surface area contributed by atoms with Gasteiger partial charge in [-0.1, -0.05) is 36.4 Å². The molecule has 1 saturated heterocycles.